The smallest absolute Gasteiger partial charge is 0.224 e. The van der Waals surface area contributed by atoms with Crippen LogP contribution in [0.5, 0.6) is 0 Å². The van der Waals surface area contributed by atoms with Gasteiger partial charge in [-0.2, -0.15) is 18.3 Å². The largest absolute Gasteiger partial charge is 0.416 e. The van der Waals surface area contributed by atoms with Gasteiger partial charge in [-0.25, -0.2) is 17.9 Å². The Morgan fingerprint density at radius 3 is 2.41 bits per heavy atom. The van der Waals surface area contributed by atoms with Crippen LogP contribution in [-0.2, 0) is 22.4 Å². The zero-order valence-corrected chi connectivity index (χ0v) is 19.4. The van der Waals surface area contributed by atoms with Crippen molar-refractivity contribution in [2.24, 2.45) is 0 Å². The van der Waals surface area contributed by atoms with Crippen molar-refractivity contribution in [1.82, 2.24) is 14.6 Å². The van der Waals surface area contributed by atoms with E-state index >= 15 is 0 Å². The molecule has 0 atom stereocenters. The van der Waals surface area contributed by atoms with Gasteiger partial charge in [-0.1, -0.05) is 24.3 Å². The lowest BCUT2D eigenvalue weighted by molar-refractivity contribution is -0.137. The van der Waals surface area contributed by atoms with Crippen LogP contribution in [0, 0.1) is 6.92 Å². The second kappa shape index (κ2) is 8.00. The number of alkyl halides is 3. The Morgan fingerprint density at radius 2 is 1.78 bits per heavy atom. The van der Waals surface area contributed by atoms with E-state index in [1.54, 1.807) is 31.3 Å². The van der Waals surface area contributed by atoms with E-state index in [1.807, 2.05) is 0 Å². The van der Waals surface area contributed by atoms with Crippen LogP contribution in [-0.4, -0.2) is 29.3 Å². The van der Waals surface area contributed by atoms with Crippen LogP contribution in [0.3, 0.4) is 0 Å². The number of fused-ring (bicyclic) bond motifs is 1. The van der Waals surface area contributed by atoms with Gasteiger partial charge in [0.1, 0.15) is 0 Å². The van der Waals surface area contributed by atoms with Gasteiger partial charge in [-0.3, -0.25) is 0 Å². The lowest BCUT2D eigenvalue weighted by atomic mass is 10.00. The molecule has 0 spiro atoms. The fourth-order valence-corrected chi connectivity index (χ4v) is 4.45. The van der Waals surface area contributed by atoms with Crippen molar-refractivity contribution < 1.29 is 21.6 Å². The minimum absolute atomic E-state index is 0.218. The van der Waals surface area contributed by atoms with E-state index in [4.69, 9.17) is 0 Å². The normalized spacial score (nSPS) is 12.4. The molecule has 0 amide bonds. The molecule has 2 aromatic heterocycles. The maximum atomic E-state index is 13.2. The Kier molecular flexibility index (Phi) is 5.62. The summed E-state index contributed by atoms with van der Waals surface area (Å²) in [4.78, 5) is 4.80. The first-order chi connectivity index (χ1) is 14.9. The van der Waals surface area contributed by atoms with E-state index in [9.17, 15) is 21.6 Å². The lowest BCUT2D eigenvalue weighted by Gasteiger charge is -2.12. The first-order valence-electron chi connectivity index (χ1n) is 9.44. The third-order valence-corrected chi connectivity index (χ3v) is 6.99. The predicted molar refractivity (Wildman–Crippen MR) is 118 cm³/mol. The molecule has 0 aliphatic carbocycles. The van der Waals surface area contributed by atoms with Crippen LogP contribution in [0.1, 0.15) is 22.5 Å². The van der Waals surface area contributed by atoms with Gasteiger partial charge >= 0.3 is 6.18 Å². The van der Waals surface area contributed by atoms with E-state index in [-0.39, 0.29) is 4.90 Å². The first-order valence-corrected chi connectivity index (χ1v) is 12.1. The third kappa shape index (κ3) is 4.42. The second-order valence-corrected chi connectivity index (χ2v) is 10.3. The summed E-state index contributed by atoms with van der Waals surface area (Å²) in [5.74, 6) is 0.461. The van der Waals surface area contributed by atoms with Crippen molar-refractivity contribution >= 4 is 31.4 Å². The molecule has 4 aromatic rings. The molecule has 0 aliphatic heterocycles. The summed E-state index contributed by atoms with van der Waals surface area (Å²) < 4.78 is 65.2. The van der Waals surface area contributed by atoms with E-state index in [0.717, 1.165) is 29.5 Å². The molecule has 0 radical (unpaired) electrons. The van der Waals surface area contributed by atoms with E-state index < -0.39 is 21.6 Å². The van der Waals surface area contributed by atoms with Gasteiger partial charge in [0, 0.05) is 28.9 Å². The molecule has 166 valence electrons. The van der Waals surface area contributed by atoms with Crippen LogP contribution in [0.4, 0.5) is 13.2 Å². The minimum Gasteiger partial charge on any atom is -0.224 e. The highest BCUT2D eigenvalue weighted by Crippen LogP contribution is 2.36. The number of halogens is 4. The molecule has 10 heteroatoms. The van der Waals surface area contributed by atoms with Crippen LogP contribution in [0.25, 0.3) is 16.8 Å². The molecule has 2 heterocycles. The number of hydrogen-bond donors (Lipinski definition) is 0. The van der Waals surface area contributed by atoms with Crippen LogP contribution >= 0.6 is 15.9 Å². The van der Waals surface area contributed by atoms with Gasteiger partial charge in [-0.15, -0.1) is 0 Å². The molecule has 0 unspecified atom stereocenters. The molecule has 32 heavy (non-hydrogen) atoms. The molecular weight excluding hydrogens is 507 g/mol. The Labute approximate surface area is 191 Å². The van der Waals surface area contributed by atoms with E-state index in [0.29, 0.717) is 33.5 Å². The molecule has 0 saturated heterocycles. The summed E-state index contributed by atoms with van der Waals surface area (Å²) in [6, 6.07) is 11.5. The van der Waals surface area contributed by atoms with E-state index in [2.05, 4.69) is 26.0 Å². The van der Waals surface area contributed by atoms with Gasteiger partial charge in [0.2, 0.25) is 0 Å². The van der Waals surface area contributed by atoms with Crippen LogP contribution in [0.2, 0.25) is 0 Å². The molecule has 4 rings (SSSR count). The highest BCUT2D eigenvalue weighted by molar-refractivity contribution is 9.10. The quantitative estimate of drug-likeness (QED) is 0.355. The molecule has 5 nitrogen and oxygen atoms in total. The SMILES string of the molecule is Cc1c(Br)cn2nc(Cc3ccc(S(C)(=O)=O)cc3)nc2c1-c1cccc(C(F)(F)F)c1. The highest BCUT2D eigenvalue weighted by atomic mass is 79.9. The van der Waals surface area contributed by atoms with Gasteiger partial charge in [0.15, 0.2) is 21.3 Å². The summed E-state index contributed by atoms with van der Waals surface area (Å²) in [5.41, 5.74) is 2.20. The van der Waals surface area contributed by atoms with Crippen molar-refractivity contribution in [3.8, 4) is 11.1 Å². The van der Waals surface area contributed by atoms with Crippen molar-refractivity contribution in [3.63, 3.8) is 0 Å². The van der Waals surface area contributed by atoms with E-state index in [1.165, 1.54) is 22.7 Å². The molecule has 0 aliphatic rings. The summed E-state index contributed by atoms with van der Waals surface area (Å²) in [5, 5.41) is 4.47. The number of sulfone groups is 1. The number of rotatable bonds is 4. The fourth-order valence-electron chi connectivity index (χ4n) is 3.43. The van der Waals surface area contributed by atoms with Crippen molar-refractivity contribution in [1.29, 1.82) is 0 Å². The summed E-state index contributed by atoms with van der Waals surface area (Å²) in [6.45, 7) is 1.80. The van der Waals surface area contributed by atoms with Crippen molar-refractivity contribution in [2.75, 3.05) is 6.26 Å². The topological polar surface area (TPSA) is 64.3 Å². The molecule has 0 N–H and O–H groups in total. The molecule has 0 saturated carbocycles. The summed E-state index contributed by atoms with van der Waals surface area (Å²) in [6.07, 6.45) is -1.26. The van der Waals surface area contributed by atoms with Gasteiger partial charge in [0.25, 0.3) is 0 Å². The number of benzene rings is 2. The van der Waals surface area contributed by atoms with Crippen LogP contribution < -0.4 is 0 Å². The molecule has 0 bridgehead atoms. The van der Waals surface area contributed by atoms with Crippen LogP contribution in [0.15, 0.2) is 64.1 Å². The predicted octanol–water partition coefficient (Wildman–Crippen LogP) is 5.48. The Hall–Kier alpha value is -2.72. The number of pyridine rings is 1. The number of hydrogen-bond acceptors (Lipinski definition) is 4. The molecule has 0 fully saturated rings. The lowest BCUT2D eigenvalue weighted by Crippen LogP contribution is -2.05. The molecule has 2 aromatic carbocycles. The monoisotopic (exact) mass is 523 g/mol. The average molecular weight is 524 g/mol. The maximum absolute atomic E-state index is 13.2. The van der Waals surface area contributed by atoms with Gasteiger partial charge in [-0.05, 0) is 63.8 Å². The average Bonchev–Trinajstić information content (AvgIpc) is 3.09. The fraction of sp³-hybridized carbons (Fsp3) is 0.182. The van der Waals surface area contributed by atoms with Crippen molar-refractivity contribution in [2.45, 2.75) is 24.4 Å². The summed E-state index contributed by atoms with van der Waals surface area (Å²) in [7, 11) is -3.29. The summed E-state index contributed by atoms with van der Waals surface area (Å²) >= 11 is 3.46. The molecular formula is C22H17BrF3N3O2S. The van der Waals surface area contributed by atoms with Gasteiger partial charge in [0.05, 0.1) is 10.5 Å². The Morgan fingerprint density at radius 1 is 1.09 bits per heavy atom. The Balaban J connectivity index is 1.78. The standard InChI is InChI=1S/C22H17BrF3N3O2S/c1-13-18(23)12-29-21(20(13)15-4-3-5-16(11-15)22(24,25)26)27-19(28-29)10-14-6-8-17(9-7-14)32(2,30)31/h3-9,11-12H,10H2,1-2H3. The Bertz CT molecular complexity index is 1430. The van der Waals surface area contributed by atoms with Crippen molar-refractivity contribution in [3.05, 3.63) is 81.7 Å². The van der Waals surface area contributed by atoms with Gasteiger partial charge < -0.3 is 0 Å². The highest BCUT2D eigenvalue weighted by Gasteiger charge is 2.31. The zero-order chi connectivity index (χ0) is 23.3. The maximum Gasteiger partial charge on any atom is 0.416 e. The number of nitrogens with zero attached hydrogens (tertiary/aromatic N) is 3. The third-order valence-electron chi connectivity index (χ3n) is 5.06. The number of aromatic nitrogens is 3. The second-order valence-electron chi connectivity index (χ2n) is 7.44. The first kappa shape index (κ1) is 22.5. The zero-order valence-electron chi connectivity index (χ0n) is 17.0. The minimum atomic E-state index is -4.46.